The maximum atomic E-state index is 13.3. The van der Waals surface area contributed by atoms with Crippen molar-refractivity contribution in [3.05, 3.63) is 59.2 Å². The first-order valence-corrected chi connectivity index (χ1v) is 11.1. The van der Waals surface area contributed by atoms with Gasteiger partial charge in [-0.05, 0) is 52.2 Å². The molecule has 1 saturated heterocycles. The summed E-state index contributed by atoms with van der Waals surface area (Å²) in [6.45, 7) is 4.64. The van der Waals surface area contributed by atoms with Crippen LogP contribution in [0.4, 0.5) is 0 Å². The van der Waals surface area contributed by atoms with E-state index in [-0.39, 0.29) is 23.0 Å². The van der Waals surface area contributed by atoms with E-state index in [1.165, 1.54) is 19.1 Å². The molecular weight excluding hydrogens is 436 g/mol. The molecule has 1 amide bonds. The SMILES string of the molecule is COc1ccc(OC)c(/C(O)=C2\C(=O)C(=O)N(CCN(C)C)C2c2ccccc2OC(C)C)c1. The number of nitrogens with zero attached hydrogens (tertiary/aromatic N) is 2. The molecule has 1 aliphatic rings. The molecule has 0 bridgehead atoms. The number of likely N-dealkylation sites (tertiary alicyclic amines) is 1. The molecule has 8 heteroatoms. The van der Waals surface area contributed by atoms with Crippen LogP contribution in [0.1, 0.15) is 31.0 Å². The molecule has 0 radical (unpaired) electrons. The minimum atomic E-state index is -0.828. The van der Waals surface area contributed by atoms with E-state index < -0.39 is 17.7 Å². The van der Waals surface area contributed by atoms with Crippen molar-refractivity contribution in [2.75, 3.05) is 41.4 Å². The minimum Gasteiger partial charge on any atom is -0.507 e. The Balaban J connectivity index is 2.26. The van der Waals surface area contributed by atoms with Gasteiger partial charge < -0.3 is 29.1 Å². The molecule has 34 heavy (non-hydrogen) atoms. The predicted octanol–water partition coefficient (Wildman–Crippen LogP) is 3.47. The van der Waals surface area contributed by atoms with E-state index in [0.29, 0.717) is 35.9 Å². The van der Waals surface area contributed by atoms with Gasteiger partial charge in [-0.2, -0.15) is 0 Å². The maximum absolute atomic E-state index is 13.3. The lowest BCUT2D eigenvalue weighted by molar-refractivity contribution is -0.140. The maximum Gasteiger partial charge on any atom is 0.295 e. The molecule has 1 atom stereocenters. The van der Waals surface area contributed by atoms with Gasteiger partial charge in [0.15, 0.2) is 0 Å². The smallest absolute Gasteiger partial charge is 0.295 e. The Morgan fingerprint density at radius 2 is 1.76 bits per heavy atom. The number of rotatable bonds is 9. The zero-order chi connectivity index (χ0) is 25.0. The van der Waals surface area contributed by atoms with Crippen molar-refractivity contribution in [3.8, 4) is 17.2 Å². The molecule has 0 aliphatic carbocycles. The fourth-order valence-electron chi connectivity index (χ4n) is 3.95. The van der Waals surface area contributed by atoms with E-state index in [1.54, 1.807) is 24.3 Å². The fraction of sp³-hybridized carbons (Fsp3) is 0.385. The Morgan fingerprint density at radius 3 is 2.38 bits per heavy atom. The number of ketones is 1. The Morgan fingerprint density at radius 1 is 1.06 bits per heavy atom. The van der Waals surface area contributed by atoms with Crippen LogP contribution in [0, 0.1) is 0 Å². The Bertz CT molecular complexity index is 1090. The lowest BCUT2D eigenvalue weighted by Gasteiger charge is -2.28. The number of ether oxygens (including phenoxy) is 3. The van der Waals surface area contributed by atoms with Gasteiger partial charge in [-0.1, -0.05) is 18.2 Å². The second-order valence-electron chi connectivity index (χ2n) is 8.57. The van der Waals surface area contributed by atoms with Crippen molar-refractivity contribution >= 4 is 17.4 Å². The number of amides is 1. The van der Waals surface area contributed by atoms with Crippen molar-refractivity contribution < 1.29 is 28.9 Å². The molecule has 182 valence electrons. The summed E-state index contributed by atoms with van der Waals surface area (Å²) >= 11 is 0. The summed E-state index contributed by atoms with van der Waals surface area (Å²) in [5.74, 6) is -0.388. The van der Waals surface area contributed by atoms with Crippen LogP contribution in [0.5, 0.6) is 17.2 Å². The second-order valence-corrected chi connectivity index (χ2v) is 8.57. The van der Waals surface area contributed by atoms with Gasteiger partial charge in [-0.3, -0.25) is 9.59 Å². The van der Waals surface area contributed by atoms with Gasteiger partial charge in [0.25, 0.3) is 11.7 Å². The first kappa shape index (κ1) is 25.1. The van der Waals surface area contributed by atoms with Gasteiger partial charge >= 0.3 is 0 Å². The van der Waals surface area contributed by atoms with E-state index in [4.69, 9.17) is 14.2 Å². The van der Waals surface area contributed by atoms with E-state index >= 15 is 0 Å². The van der Waals surface area contributed by atoms with Crippen LogP contribution in [0.3, 0.4) is 0 Å². The van der Waals surface area contributed by atoms with Gasteiger partial charge in [0.2, 0.25) is 0 Å². The lowest BCUT2D eigenvalue weighted by Crippen LogP contribution is -2.35. The van der Waals surface area contributed by atoms with Crippen LogP contribution in [-0.4, -0.2) is 74.1 Å². The molecule has 0 saturated carbocycles. The van der Waals surface area contributed by atoms with E-state index in [2.05, 4.69) is 0 Å². The molecule has 3 rings (SSSR count). The Labute approximate surface area is 200 Å². The van der Waals surface area contributed by atoms with E-state index in [9.17, 15) is 14.7 Å². The number of carbonyl (C=O) groups is 2. The molecule has 0 spiro atoms. The summed E-state index contributed by atoms with van der Waals surface area (Å²) in [6, 6.07) is 11.3. The average molecular weight is 469 g/mol. The van der Waals surface area contributed by atoms with Gasteiger partial charge in [0, 0.05) is 18.7 Å². The van der Waals surface area contributed by atoms with E-state index in [0.717, 1.165) is 0 Å². The van der Waals surface area contributed by atoms with E-state index in [1.807, 2.05) is 51.0 Å². The molecule has 1 fully saturated rings. The molecule has 1 heterocycles. The molecule has 1 aliphatic heterocycles. The van der Waals surface area contributed by atoms with Crippen molar-refractivity contribution in [1.29, 1.82) is 0 Å². The van der Waals surface area contributed by atoms with Crippen molar-refractivity contribution in [2.24, 2.45) is 0 Å². The summed E-state index contributed by atoms with van der Waals surface area (Å²) in [5.41, 5.74) is 0.868. The second kappa shape index (κ2) is 10.6. The molecule has 1 unspecified atom stereocenters. The normalized spacial score (nSPS) is 17.5. The number of para-hydroxylation sites is 1. The average Bonchev–Trinajstić information content (AvgIpc) is 3.06. The van der Waals surface area contributed by atoms with Crippen molar-refractivity contribution in [3.63, 3.8) is 0 Å². The highest BCUT2D eigenvalue weighted by atomic mass is 16.5. The number of Topliss-reactive ketones (excluding diaryl/α,β-unsaturated/α-hetero) is 1. The first-order valence-electron chi connectivity index (χ1n) is 11.1. The minimum absolute atomic E-state index is 0.0184. The standard InChI is InChI=1S/C26H32N2O6/c1-16(2)34-21-10-8-7-9-18(21)23-22(25(30)26(31)28(23)14-13-27(3)4)24(29)19-15-17(32-5)11-12-20(19)33-6/h7-12,15-16,23,29H,13-14H2,1-6H3/b24-22+. The molecule has 2 aromatic rings. The zero-order valence-electron chi connectivity index (χ0n) is 20.5. The van der Waals surface area contributed by atoms with Crippen molar-refractivity contribution in [2.45, 2.75) is 26.0 Å². The summed E-state index contributed by atoms with van der Waals surface area (Å²) in [7, 11) is 6.76. The monoisotopic (exact) mass is 468 g/mol. The van der Waals surface area contributed by atoms with Crippen LogP contribution < -0.4 is 14.2 Å². The Kier molecular flexibility index (Phi) is 7.83. The van der Waals surface area contributed by atoms with Crippen molar-refractivity contribution in [1.82, 2.24) is 9.80 Å². The van der Waals surface area contributed by atoms with Crippen LogP contribution in [0.2, 0.25) is 0 Å². The highest BCUT2D eigenvalue weighted by molar-refractivity contribution is 6.46. The molecule has 0 aromatic heterocycles. The molecular formula is C26H32N2O6. The van der Waals surface area contributed by atoms with Gasteiger partial charge in [0.05, 0.1) is 37.5 Å². The quantitative estimate of drug-likeness (QED) is 0.342. The van der Waals surface area contributed by atoms with Crippen LogP contribution in [0.25, 0.3) is 5.76 Å². The third-order valence-corrected chi connectivity index (χ3v) is 5.57. The molecule has 2 aromatic carbocycles. The summed E-state index contributed by atoms with van der Waals surface area (Å²) in [5, 5.41) is 11.4. The summed E-state index contributed by atoms with van der Waals surface area (Å²) in [4.78, 5) is 29.9. The number of hydrogen-bond donors (Lipinski definition) is 1. The Hall–Kier alpha value is -3.52. The van der Waals surface area contributed by atoms with Crippen LogP contribution >= 0.6 is 0 Å². The molecule has 1 N–H and O–H groups in total. The van der Waals surface area contributed by atoms with Crippen LogP contribution in [0.15, 0.2) is 48.0 Å². The number of aliphatic hydroxyl groups is 1. The zero-order valence-corrected chi connectivity index (χ0v) is 20.5. The lowest BCUT2D eigenvalue weighted by atomic mass is 9.94. The van der Waals surface area contributed by atoms with Crippen LogP contribution in [-0.2, 0) is 9.59 Å². The summed E-state index contributed by atoms with van der Waals surface area (Å²) < 4.78 is 16.7. The van der Waals surface area contributed by atoms with Gasteiger partial charge in [-0.15, -0.1) is 0 Å². The number of benzene rings is 2. The summed E-state index contributed by atoms with van der Waals surface area (Å²) in [6.07, 6.45) is -0.122. The van der Waals surface area contributed by atoms with Gasteiger partial charge in [0.1, 0.15) is 23.0 Å². The number of likely N-dealkylation sites (N-methyl/N-ethyl adjacent to an activating group) is 1. The predicted molar refractivity (Wildman–Crippen MR) is 129 cm³/mol. The number of hydrogen-bond acceptors (Lipinski definition) is 7. The fourth-order valence-corrected chi connectivity index (χ4v) is 3.95. The first-order chi connectivity index (χ1) is 16.2. The third kappa shape index (κ3) is 5.02. The van der Waals surface area contributed by atoms with Gasteiger partial charge in [-0.25, -0.2) is 0 Å². The molecule has 8 nitrogen and oxygen atoms in total. The topological polar surface area (TPSA) is 88.5 Å². The third-order valence-electron chi connectivity index (χ3n) is 5.57. The largest absolute Gasteiger partial charge is 0.507 e. The highest BCUT2D eigenvalue weighted by Gasteiger charge is 2.47. The highest BCUT2D eigenvalue weighted by Crippen LogP contribution is 2.44. The number of aliphatic hydroxyl groups excluding tert-OH is 1. The number of carbonyl (C=O) groups excluding carboxylic acids is 2. The number of methoxy groups -OCH3 is 2.